The molecule has 1 fully saturated rings. The van der Waals surface area contributed by atoms with Gasteiger partial charge in [-0.15, -0.1) is 0 Å². The van der Waals surface area contributed by atoms with Crippen molar-refractivity contribution in [2.75, 3.05) is 12.0 Å². The third kappa shape index (κ3) is 3.87. The van der Waals surface area contributed by atoms with Gasteiger partial charge in [0.25, 0.3) is 11.7 Å². The fourth-order valence-corrected chi connectivity index (χ4v) is 4.01. The number of nitrogens with zero attached hydrogens (tertiary/aromatic N) is 1. The highest BCUT2D eigenvalue weighted by Gasteiger charge is 2.47. The van der Waals surface area contributed by atoms with Crippen LogP contribution in [-0.4, -0.2) is 23.9 Å². The monoisotopic (exact) mass is 447 g/mol. The lowest BCUT2D eigenvalue weighted by molar-refractivity contribution is -0.132. The van der Waals surface area contributed by atoms with Gasteiger partial charge in [-0.1, -0.05) is 42.8 Å². The molecule has 0 bridgehead atoms. The van der Waals surface area contributed by atoms with Crippen molar-refractivity contribution in [3.8, 4) is 5.75 Å². The third-order valence-electron chi connectivity index (χ3n) is 5.59. The number of hydrogen-bond acceptors (Lipinski definition) is 4. The maximum absolute atomic E-state index is 13.2. The molecule has 6 heteroatoms. The minimum Gasteiger partial charge on any atom is -0.507 e. The van der Waals surface area contributed by atoms with Gasteiger partial charge < -0.3 is 9.84 Å². The lowest BCUT2D eigenvalue weighted by atomic mass is 9.95. The van der Waals surface area contributed by atoms with Crippen LogP contribution in [0.3, 0.4) is 0 Å². The van der Waals surface area contributed by atoms with Crippen LogP contribution < -0.4 is 9.64 Å². The molecule has 1 saturated heterocycles. The van der Waals surface area contributed by atoms with E-state index < -0.39 is 17.7 Å². The van der Waals surface area contributed by atoms with Crippen molar-refractivity contribution in [3.63, 3.8) is 0 Å². The average Bonchev–Trinajstić information content (AvgIpc) is 3.09. The van der Waals surface area contributed by atoms with Gasteiger partial charge in [0.15, 0.2) is 0 Å². The Morgan fingerprint density at radius 1 is 1.03 bits per heavy atom. The van der Waals surface area contributed by atoms with Crippen LogP contribution >= 0.6 is 11.6 Å². The van der Waals surface area contributed by atoms with Gasteiger partial charge in [0.2, 0.25) is 0 Å². The molecule has 1 aliphatic heterocycles. The van der Waals surface area contributed by atoms with Crippen LogP contribution in [0.5, 0.6) is 5.75 Å². The van der Waals surface area contributed by atoms with Gasteiger partial charge in [-0.2, -0.15) is 0 Å². The van der Waals surface area contributed by atoms with Crippen molar-refractivity contribution in [3.05, 3.63) is 100 Å². The summed E-state index contributed by atoms with van der Waals surface area (Å²) < 4.78 is 5.35. The smallest absolute Gasteiger partial charge is 0.300 e. The first-order chi connectivity index (χ1) is 15.4. The molecule has 1 atom stereocenters. The number of anilines is 1. The van der Waals surface area contributed by atoms with E-state index in [4.69, 9.17) is 16.3 Å². The van der Waals surface area contributed by atoms with E-state index >= 15 is 0 Å². The van der Waals surface area contributed by atoms with Crippen LogP contribution in [0.25, 0.3) is 5.76 Å². The second-order valence-electron chi connectivity index (χ2n) is 7.47. The van der Waals surface area contributed by atoms with Gasteiger partial charge in [0.1, 0.15) is 11.5 Å². The maximum Gasteiger partial charge on any atom is 0.300 e. The van der Waals surface area contributed by atoms with Gasteiger partial charge in [0, 0.05) is 16.3 Å². The number of carbonyl (C=O) groups is 2. The summed E-state index contributed by atoms with van der Waals surface area (Å²) in [4.78, 5) is 27.8. The summed E-state index contributed by atoms with van der Waals surface area (Å²) in [5.41, 5.74) is 2.77. The van der Waals surface area contributed by atoms with E-state index in [9.17, 15) is 14.7 Å². The SMILES string of the molecule is CCc1ccc(N2C(=O)C(=O)/C(=C(\O)c3ccc(Cl)cc3)C2c2cccc(OC)c2)cc1. The fraction of sp³-hybridized carbons (Fsp3) is 0.154. The third-order valence-corrected chi connectivity index (χ3v) is 5.85. The summed E-state index contributed by atoms with van der Waals surface area (Å²) in [6.45, 7) is 2.05. The summed E-state index contributed by atoms with van der Waals surface area (Å²) in [7, 11) is 1.55. The van der Waals surface area contributed by atoms with E-state index in [-0.39, 0.29) is 11.3 Å². The number of benzene rings is 3. The Balaban J connectivity index is 1.93. The van der Waals surface area contributed by atoms with Gasteiger partial charge in [-0.05, 0) is 66.1 Å². The van der Waals surface area contributed by atoms with Crippen LogP contribution in [0.2, 0.25) is 5.02 Å². The molecule has 3 aromatic rings. The van der Waals surface area contributed by atoms with Gasteiger partial charge in [-0.3, -0.25) is 14.5 Å². The predicted octanol–water partition coefficient (Wildman–Crippen LogP) is 5.54. The number of methoxy groups -OCH3 is 1. The second kappa shape index (κ2) is 8.89. The lowest BCUT2D eigenvalue weighted by Gasteiger charge is -2.26. The number of amides is 1. The minimum absolute atomic E-state index is 0.0187. The largest absolute Gasteiger partial charge is 0.507 e. The second-order valence-corrected chi connectivity index (χ2v) is 7.91. The van der Waals surface area contributed by atoms with Crippen LogP contribution in [0.1, 0.15) is 29.7 Å². The number of aryl methyl sites for hydroxylation is 1. The molecule has 0 aromatic heterocycles. The van der Waals surface area contributed by atoms with Crippen molar-refractivity contribution in [2.45, 2.75) is 19.4 Å². The quantitative estimate of drug-likeness (QED) is 0.317. The summed E-state index contributed by atoms with van der Waals surface area (Å²) in [6, 6.07) is 20.3. The topological polar surface area (TPSA) is 66.8 Å². The molecule has 0 radical (unpaired) electrons. The number of hydrogen-bond donors (Lipinski definition) is 1. The standard InChI is InChI=1S/C26H22ClNO4/c1-3-16-7-13-20(14-8-16)28-23(18-5-4-6-21(15-18)32-2)22(25(30)26(28)31)24(29)17-9-11-19(27)12-10-17/h4-15,23,29H,3H2,1-2H3/b24-22-. The van der Waals surface area contributed by atoms with Crippen LogP contribution in [-0.2, 0) is 16.0 Å². The fourth-order valence-electron chi connectivity index (χ4n) is 3.88. The van der Waals surface area contributed by atoms with E-state index in [1.807, 2.05) is 37.3 Å². The lowest BCUT2D eigenvalue weighted by Crippen LogP contribution is -2.29. The number of Topliss-reactive ketones (excluding diaryl/α,β-unsaturated/α-hetero) is 1. The Bertz CT molecular complexity index is 1200. The molecule has 1 unspecified atom stereocenters. The van der Waals surface area contributed by atoms with Crippen LogP contribution in [0, 0.1) is 0 Å². The predicted molar refractivity (Wildman–Crippen MR) is 125 cm³/mol. The number of halogens is 1. The number of carbonyl (C=O) groups excluding carboxylic acids is 2. The van der Waals surface area contributed by atoms with E-state index in [0.717, 1.165) is 12.0 Å². The summed E-state index contributed by atoms with van der Waals surface area (Å²) in [5, 5.41) is 11.6. The van der Waals surface area contributed by atoms with Gasteiger partial charge in [-0.25, -0.2) is 0 Å². The molecule has 4 rings (SSSR count). The van der Waals surface area contributed by atoms with Crippen molar-refractivity contribution in [1.82, 2.24) is 0 Å². The van der Waals surface area contributed by atoms with Crippen molar-refractivity contribution in [2.24, 2.45) is 0 Å². The first-order valence-corrected chi connectivity index (χ1v) is 10.6. The maximum atomic E-state index is 13.2. The van der Waals surface area contributed by atoms with Gasteiger partial charge in [0.05, 0.1) is 18.7 Å². The van der Waals surface area contributed by atoms with E-state index in [0.29, 0.717) is 27.6 Å². The minimum atomic E-state index is -0.812. The molecule has 1 aliphatic rings. The van der Waals surface area contributed by atoms with Crippen molar-refractivity contribution >= 4 is 34.7 Å². The molecule has 5 nitrogen and oxygen atoms in total. The molecule has 1 heterocycles. The number of aliphatic hydroxyl groups excluding tert-OH is 1. The summed E-state index contributed by atoms with van der Waals surface area (Å²) in [6.07, 6.45) is 0.856. The molecular weight excluding hydrogens is 426 g/mol. The highest BCUT2D eigenvalue weighted by molar-refractivity contribution is 6.51. The molecule has 0 aliphatic carbocycles. The Hall–Kier alpha value is -3.57. The first-order valence-electron chi connectivity index (χ1n) is 10.2. The first kappa shape index (κ1) is 21.7. The Morgan fingerprint density at radius 2 is 1.72 bits per heavy atom. The van der Waals surface area contributed by atoms with Gasteiger partial charge >= 0.3 is 0 Å². The molecule has 1 amide bonds. The van der Waals surface area contributed by atoms with Crippen molar-refractivity contribution in [1.29, 1.82) is 0 Å². The summed E-state index contributed by atoms with van der Waals surface area (Å²) in [5.74, 6) is -1.11. The number of aliphatic hydroxyl groups is 1. The van der Waals surface area contributed by atoms with Crippen LogP contribution in [0.4, 0.5) is 5.69 Å². The highest BCUT2D eigenvalue weighted by Crippen LogP contribution is 2.42. The average molecular weight is 448 g/mol. The van der Waals surface area contributed by atoms with Crippen LogP contribution in [0.15, 0.2) is 78.4 Å². The highest BCUT2D eigenvalue weighted by atomic mass is 35.5. The molecule has 3 aromatic carbocycles. The molecule has 1 N–H and O–H groups in total. The van der Waals surface area contributed by atoms with E-state index in [2.05, 4.69) is 0 Å². The number of rotatable bonds is 5. The Kier molecular flexibility index (Phi) is 6.01. The molecule has 32 heavy (non-hydrogen) atoms. The molecule has 162 valence electrons. The number of ether oxygens (including phenoxy) is 1. The Morgan fingerprint density at radius 3 is 2.34 bits per heavy atom. The van der Waals surface area contributed by atoms with Crippen molar-refractivity contribution < 1.29 is 19.4 Å². The summed E-state index contributed by atoms with van der Waals surface area (Å²) >= 11 is 5.97. The van der Waals surface area contributed by atoms with E-state index in [1.54, 1.807) is 49.6 Å². The zero-order valence-corrected chi connectivity index (χ0v) is 18.5. The van der Waals surface area contributed by atoms with E-state index in [1.165, 1.54) is 4.90 Å². The zero-order chi connectivity index (χ0) is 22.8. The number of ketones is 1. The normalized spacial score (nSPS) is 17.6. The molecule has 0 saturated carbocycles. The zero-order valence-electron chi connectivity index (χ0n) is 17.7. The molecule has 0 spiro atoms. The molecular formula is C26H22ClNO4. The Labute approximate surface area is 191 Å².